The van der Waals surface area contributed by atoms with Crippen LogP contribution < -0.4 is 4.74 Å². The molecule has 23 heavy (non-hydrogen) atoms. The van der Waals surface area contributed by atoms with Gasteiger partial charge in [0.15, 0.2) is 0 Å². The zero-order chi connectivity index (χ0) is 16.6. The summed E-state index contributed by atoms with van der Waals surface area (Å²) in [5, 5.41) is 0. The Kier molecular flexibility index (Phi) is 4.00. The zero-order valence-electron chi connectivity index (χ0n) is 12.2. The highest BCUT2D eigenvalue weighted by Crippen LogP contribution is 2.26. The predicted octanol–water partition coefficient (Wildman–Crippen LogP) is 2.96. The molecule has 2 aromatic carbocycles. The molecule has 2 aromatic rings. The first-order chi connectivity index (χ1) is 11.0. The molecule has 0 radical (unpaired) electrons. The van der Waals surface area contributed by atoms with Crippen molar-refractivity contribution < 1.29 is 19.1 Å². The summed E-state index contributed by atoms with van der Waals surface area (Å²) in [6.45, 7) is 1.49. The minimum absolute atomic E-state index is 0.307. The van der Waals surface area contributed by atoms with Crippen LogP contribution in [0.1, 0.15) is 26.3 Å². The highest BCUT2D eigenvalue weighted by atomic mass is 79.9. The van der Waals surface area contributed by atoms with Crippen molar-refractivity contribution >= 4 is 33.7 Å². The average Bonchev–Trinajstić information content (AvgIpc) is 2.76. The Bertz CT molecular complexity index is 796. The summed E-state index contributed by atoms with van der Waals surface area (Å²) in [7, 11) is 0. The van der Waals surface area contributed by atoms with Crippen LogP contribution in [0.3, 0.4) is 0 Å². The molecular formula is C17H12BrNO4. The first kappa shape index (κ1) is 15.4. The summed E-state index contributed by atoms with van der Waals surface area (Å²) in [5.74, 6) is -1.29. The highest BCUT2D eigenvalue weighted by Gasteiger charge is 2.36. The first-order valence-electron chi connectivity index (χ1n) is 6.89. The number of nitrogens with zero attached hydrogens (tertiary/aromatic N) is 1. The average molecular weight is 374 g/mol. The number of carbonyl (C=O) groups is 3. The number of halogens is 1. The van der Waals surface area contributed by atoms with Crippen molar-refractivity contribution in [3.63, 3.8) is 0 Å². The van der Waals surface area contributed by atoms with E-state index >= 15 is 0 Å². The van der Waals surface area contributed by atoms with Crippen LogP contribution in [0.2, 0.25) is 0 Å². The van der Waals surface area contributed by atoms with Gasteiger partial charge in [0.2, 0.25) is 0 Å². The number of hydrogen-bond donors (Lipinski definition) is 0. The van der Waals surface area contributed by atoms with E-state index in [1.54, 1.807) is 36.4 Å². The molecule has 0 fully saturated rings. The lowest BCUT2D eigenvalue weighted by atomic mass is 10.1. The number of imide groups is 1. The number of amides is 2. The summed E-state index contributed by atoms with van der Waals surface area (Å²) in [6.07, 6.45) is 0. The van der Waals surface area contributed by atoms with Crippen molar-refractivity contribution in [2.75, 3.05) is 6.54 Å². The molecule has 0 aromatic heterocycles. The summed E-state index contributed by atoms with van der Waals surface area (Å²) >= 11 is 3.31. The molecular weight excluding hydrogens is 362 g/mol. The second-order valence-corrected chi connectivity index (χ2v) is 6.00. The molecule has 0 saturated carbocycles. The third-order valence-electron chi connectivity index (χ3n) is 3.48. The van der Waals surface area contributed by atoms with Crippen molar-refractivity contribution in [2.45, 2.75) is 6.92 Å². The summed E-state index contributed by atoms with van der Waals surface area (Å²) in [5.41, 5.74) is 1.63. The van der Waals surface area contributed by atoms with Gasteiger partial charge in [-0.15, -0.1) is 0 Å². The van der Waals surface area contributed by atoms with E-state index in [4.69, 9.17) is 4.74 Å². The second-order valence-electron chi connectivity index (χ2n) is 5.15. The maximum Gasteiger partial charge on any atom is 0.331 e. The van der Waals surface area contributed by atoms with E-state index in [2.05, 4.69) is 15.9 Å². The smallest absolute Gasteiger partial charge is 0.331 e. The van der Waals surface area contributed by atoms with Crippen LogP contribution in [0.5, 0.6) is 5.75 Å². The second kappa shape index (κ2) is 5.96. The van der Waals surface area contributed by atoms with Gasteiger partial charge < -0.3 is 4.74 Å². The van der Waals surface area contributed by atoms with Gasteiger partial charge in [-0.3, -0.25) is 14.5 Å². The summed E-state index contributed by atoms with van der Waals surface area (Å²) in [4.78, 5) is 37.3. The summed E-state index contributed by atoms with van der Waals surface area (Å²) < 4.78 is 5.86. The molecule has 0 aliphatic carbocycles. The molecule has 0 N–H and O–H groups in total. The lowest BCUT2D eigenvalue weighted by Gasteiger charge is -2.13. The van der Waals surface area contributed by atoms with Gasteiger partial charge in [0, 0.05) is 0 Å². The van der Waals surface area contributed by atoms with E-state index in [0.717, 1.165) is 10.5 Å². The van der Waals surface area contributed by atoms with E-state index < -0.39 is 24.3 Å². The molecule has 6 heteroatoms. The van der Waals surface area contributed by atoms with Gasteiger partial charge in [0.05, 0.1) is 15.6 Å². The maximum atomic E-state index is 12.2. The molecule has 0 spiro atoms. The van der Waals surface area contributed by atoms with Crippen LogP contribution in [0.15, 0.2) is 46.9 Å². The van der Waals surface area contributed by atoms with Gasteiger partial charge in [0.25, 0.3) is 11.8 Å². The number of ether oxygens (including phenoxy) is 1. The van der Waals surface area contributed by atoms with Gasteiger partial charge in [-0.1, -0.05) is 18.2 Å². The number of esters is 1. The van der Waals surface area contributed by atoms with Crippen molar-refractivity contribution in [1.29, 1.82) is 0 Å². The monoisotopic (exact) mass is 373 g/mol. The Hall–Kier alpha value is -2.47. The van der Waals surface area contributed by atoms with Crippen LogP contribution in [-0.2, 0) is 4.79 Å². The van der Waals surface area contributed by atoms with Crippen LogP contribution in [0.4, 0.5) is 0 Å². The van der Waals surface area contributed by atoms with Crippen LogP contribution in [0.25, 0.3) is 0 Å². The normalized spacial score (nSPS) is 13.2. The Morgan fingerprint density at radius 1 is 1.09 bits per heavy atom. The van der Waals surface area contributed by atoms with Crippen molar-refractivity contribution in [2.24, 2.45) is 0 Å². The minimum Gasteiger partial charge on any atom is -0.424 e. The van der Waals surface area contributed by atoms with Crippen molar-refractivity contribution in [3.8, 4) is 5.75 Å². The number of aryl methyl sites for hydroxylation is 1. The van der Waals surface area contributed by atoms with E-state index in [1.165, 1.54) is 0 Å². The maximum absolute atomic E-state index is 12.2. The molecule has 3 rings (SSSR count). The third-order valence-corrected chi connectivity index (χ3v) is 4.10. The number of hydrogen-bond acceptors (Lipinski definition) is 4. The lowest BCUT2D eigenvalue weighted by Crippen LogP contribution is -2.36. The predicted molar refractivity (Wildman–Crippen MR) is 86.3 cm³/mol. The molecule has 0 unspecified atom stereocenters. The van der Waals surface area contributed by atoms with Crippen LogP contribution in [-0.4, -0.2) is 29.2 Å². The minimum atomic E-state index is -0.677. The van der Waals surface area contributed by atoms with Crippen LogP contribution >= 0.6 is 15.9 Å². The molecule has 5 nitrogen and oxygen atoms in total. The van der Waals surface area contributed by atoms with Crippen molar-refractivity contribution in [1.82, 2.24) is 4.90 Å². The highest BCUT2D eigenvalue weighted by molar-refractivity contribution is 9.10. The molecule has 2 amide bonds. The van der Waals surface area contributed by atoms with E-state index in [9.17, 15) is 14.4 Å². The van der Waals surface area contributed by atoms with E-state index in [-0.39, 0.29) is 0 Å². The van der Waals surface area contributed by atoms with Gasteiger partial charge in [-0.05, 0) is 52.7 Å². The SMILES string of the molecule is Cc1ccc(OC(=O)CN2C(=O)c3ccccc3C2=O)c(Br)c1. The van der Waals surface area contributed by atoms with E-state index in [0.29, 0.717) is 21.3 Å². The van der Waals surface area contributed by atoms with E-state index in [1.807, 2.05) is 13.0 Å². The lowest BCUT2D eigenvalue weighted by molar-refractivity contribution is -0.134. The fourth-order valence-electron chi connectivity index (χ4n) is 2.36. The quantitative estimate of drug-likeness (QED) is 0.471. The zero-order valence-corrected chi connectivity index (χ0v) is 13.8. The Morgan fingerprint density at radius 2 is 1.70 bits per heavy atom. The molecule has 0 saturated heterocycles. The fourth-order valence-corrected chi connectivity index (χ4v) is 2.93. The molecule has 1 heterocycles. The summed E-state index contributed by atoms with van der Waals surface area (Å²) in [6, 6.07) is 11.7. The molecule has 1 aliphatic heterocycles. The number of rotatable bonds is 3. The molecule has 1 aliphatic rings. The Balaban J connectivity index is 1.74. The number of carbonyl (C=O) groups excluding carboxylic acids is 3. The third kappa shape index (κ3) is 2.90. The van der Waals surface area contributed by atoms with Gasteiger partial charge in [-0.25, -0.2) is 4.79 Å². The van der Waals surface area contributed by atoms with Gasteiger partial charge >= 0.3 is 5.97 Å². The van der Waals surface area contributed by atoms with Gasteiger partial charge in [-0.2, -0.15) is 0 Å². The number of fused-ring (bicyclic) bond motifs is 1. The Labute approximate surface area is 141 Å². The molecule has 116 valence electrons. The Morgan fingerprint density at radius 3 is 2.26 bits per heavy atom. The standard InChI is InChI=1S/C17H12BrNO4/c1-10-6-7-14(13(18)8-10)23-15(20)9-19-16(21)11-4-2-3-5-12(11)17(19)22/h2-8H,9H2,1H3. The topological polar surface area (TPSA) is 63.7 Å². The van der Waals surface area contributed by atoms with Gasteiger partial charge in [0.1, 0.15) is 12.3 Å². The van der Waals surface area contributed by atoms with Crippen molar-refractivity contribution in [3.05, 3.63) is 63.6 Å². The van der Waals surface area contributed by atoms with Crippen LogP contribution in [0, 0.1) is 6.92 Å². The molecule has 0 bridgehead atoms. The first-order valence-corrected chi connectivity index (χ1v) is 7.68. The molecule has 0 atom stereocenters. The number of benzene rings is 2. The fraction of sp³-hybridized carbons (Fsp3) is 0.118. The largest absolute Gasteiger partial charge is 0.424 e.